The molecule has 2 atom stereocenters. The van der Waals surface area contributed by atoms with Gasteiger partial charge < -0.3 is 4.90 Å². The fourth-order valence-corrected chi connectivity index (χ4v) is 2.93. The third-order valence-electron chi connectivity index (χ3n) is 3.67. The fourth-order valence-electron chi connectivity index (χ4n) is 2.31. The first kappa shape index (κ1) is 14.7. The Hall–Kier alpha value is -0.670. The number of hydrogen-bond donors (Lipinski definition) is 0. The van der Waals surface area contributed by atoms with Crippen molar-refractivity contribution >= 4 is 29.3 Å². The quantitative estimate of drug-likeness (QED) is 0.814. The zero-order valence-electron chi connectivity index (χ0n) is 11.6. The molecule has 4 heteroatoms. The zero-order chi connectivity index (χ0) is 14.0. The van der Waals surface area contributed by atoms with Crippen LogP contribution < -0.4 is 0 Å². The van der Waals surface area contributed by atoms with Gasteiger partial charge >= 0.3 is 0 Å². The van der Waals surface area contributed by atoms with Gasteiger partial charge in [0, 0.05) is 11.1 Å². The van der Waals surface area contributed by atoms with Crippen molar-refractivity contribution in [2.24, 2.45) is 0 Å². The van der Waals surface area contributed by atoms with Gasteiger partial charge in [-0.05, 0) is 44.6 Å². The van der Waals surface area contributed by atoms with Crippen LogP contribution in [0.15, 0.2) is 24.3 Å². The topological polar surface area (TPSA) is 20.3 Å². The molecule has 0 aliphatic heterocycles. The summed E-state index contributed by atoms with van der Waals surface area (Å²) < 4.78 is 0. The van der Waals surface area contributed by atoms with Gasteiger partial charge in [0.25, 0.3) is 0 Å². The molecule has 1 aliphatic carbocycles. The molecule has 0 spiro atoms. The van der Waals surface area contributed by atoms with Crippen molar-refractivity contribution in [2.75, 3.05) is 6.26 Å². The highest BCUT2D eigenvalue weighted by Crippen LogP contribution is 2.37. The summed E-state index contributed by atoms with van der Waals surface area (Å²) in [5, 5.41) is 0.746. The van der Waals surface area contributed by atoms with E-state index in [0.29, 0.717) is 6.04 Å². The summed E-state index contributed by atoms with van der Waals surface area (Å²) in [6.07, 6.45) is 4.21. The van der Waals surface area contributed by atoms with Crippen LogP contribution in [-0.2, 0) is 4.79 Å². The Balaban J connectivity index is 2.24. The van der Waals surface area contributed by atoms with Crippen molar-refractivity contribution in [3.8, 4) is 0 Å². The van der Waals surface area contributed by atoms with Crippen LogP contribution in [-0.4, -0.2) is 28.4 Å². The van der Waals surface area contributed by atoms with E-state index >= 15 is 0 Å². The number of benzene rings is 1. The number of hydrogen-bond acceptors (Lipinski definition) is 2. The summed E-state index contributed by atoms with van der Waals surface area (Å²) in [5.74, 6) is 0.224. The predicted octanol–water partition coefficient (Wildman–Crippen LogP) is 4.14. The molecule has 0 heterocycles. The highest BCUT2D eigenvalue weighted by Gasteiger charge is 2.38. The second kappa shape index (κ2) is 6.19. The lowest BCUT2D eigenvalue weighted by Crippen LogP contribution is -2.40. The maximum Gasteiger partial charge on any atom is 0.236 e. The lowest BCUT2D eigenvalue weighted by atomic mass is 10.1. The van der Waals surface area contributed by atoms with Gasteiger partial charge in [0.2, 0.25) is 5.91 Å². The minimum Gasteiger partial charge on any atom is -0.332 e. The maximum atomic E-state index is 12.5. The average molecular weight is 298 g/mol. The van der Waals surface area contributed by atoms with Crippen molar-refractivity contribution in [1.29, 1.82) is 0 Å². The van der Waals surface area contributed by atoms with Crippen LogP contribution in [0.25, 0.3) is 0 Å². The van der Waals surface area contributed by atoms with E-state index < -0.39 is 0 Å². The second-order valence-electron chi connectivity index (χ2n) is 5.05. The predicted molar refractivity (Wildman–Crippen MR) is 82.7 cm³/mol. The van der Waals surface area contributed by atoms with Gasteiger partial charge in [0.05, 0.1) is 11.3 Å². The normalized spacial score (nSPS) is 17.9. The third-order valence-corrected chi connectivity index (χ3v) is 4.92. The van der Waals surface area contributed by atoms with Crippen LogP contribution in [0, 0.1) is 0 Å². The molecule has 2 rings (SSSR count). The van der Waals surface area contributed by atoms with E-state index in [0.717, 1.165) is 23.4 Å². The lowest BCUT2D eigenvalue weighted by Gasteiger charge is -2.32. The summed E-state index contributed by atoms with van der Waals surface area (Å²) in [5.41, 5.74) is 1.04. The summed E-state index contributed by atoms with van der Waals surface area (Å²) in [6, 6.07) is 8.24. The van der Waals surface area contributed by atoms with Crippen molar-refractivity contribution in [2.45, 2.75) is 44.0 Å². The van der Waals surface area contributed by atoms with Crippen LogP contribution in [0.2, 0.25) is 5.02 Å². The summed E-state index contributed by atoms with van der Waals surface area (Å²) >= 11 is 7.86. The van der Waals surface area contributed by atoms with E-state index in [-0.39, 0.29) is 17.2 Å². The van der Waals surface area contributed by atoms with Crippen LogP contribution in [0.3, 0.4) is 0 Å². The lowest BCUT2D eigenvalue weighted by molar-refractivity contribution is -0.133. The first-order valence-electron chi connectivity index (χ1n) is 6.65. The Morgan fingerprint density at radius 2 is 2.00 bits per heavy atom. The number of carbonyl (C=O) groups is 1. The molecule has 2 nitrogen and oxygen atoms in total. The van der Waals surface area contributed by atoms with Crippen molar-refractivity contribution in [3.05, 3.63) is 34.9 Å². The largest absolute Gasteiger partial charge is 0.332 e. The molecule has 1 aliphatic rings. The molecule has 1 aromatic carbocycles. The molecule has 1 saturated carbocycles. The zero-order valence-corrected chi connectivity index (χ0v) is 13.2. The third kappa shape index (κ3) is 3.26. The van der Waals surface area contributed by atoms with Crippen LogP contribution in [0.1, 0.15) is 38.3 Å². The Morgan fingerprint density at radius 1 is 1.37 bits per heavy atom. The van der Waals surface area contributed by atoms with Gasteiger partial charge in [0.1, 0.15) is 0 Å². The van der Waals surface area contributed by atoms with Gasteiger partial charge in [0.15, 0.2) is 0 Å². The molecule has 0 bridgehead atoms. The molecule has 0 N–H and O–H groups in total. The SMILES string of the molecule is CSC(C)C(=O)N(C1CC1)C(C)c1ccccc1Cl. The summed E-state index contributed by atoms with van der Waals surface area (Å²) in [6.45, 7) is 4.05. The average Bonchev–Trinajstić information content (AvgIpc) is 3.22. The first-order valence-corrected chi connectivity index (χ1v) is 8.32. The maximum absolute atomic E-state index is 12.5. The Bertz CT molecular complexity index is 461. The fraction of sp³-hybridized carbons (Fsp3) is 0.533. The molecule has 1 fully saturated rings. The molecule has 0 aromatic heterocycles. The first-order chi connectivity index (χ1) is 9.06. The Morgan fingerprint density at radius 3 is 2.53 bits per heavy atom. The second-order valence-corrected chi connectivity index (χ2v) is 6.64. The van der Waals surface area contributed by atoms with Gasteiger partial charge in [-0.1, -0.05) is 29.8 Å². The molecule has 0 saturated heterocycles. The highest BCUT2D eigenvalue weighted by molar-refractivity contribution is 7.99. The molecule has 1 aromatic rings. The van der Waals surface area contributed by atoms with E-state index in [1.807, 2.05) is 42.3 Å². The summed E-state index contributed by atoms with van der Waals surface area (Å²) in [7, 11) is 0. The molecular weight excluding hydrogens is 278 g/mol. The molecule has 2 unspecified atom stereocenters. The van der Waals surface area contributed by atoms with E-state index in [2.05, 4.69) is 6.92 Å². The number of amides is 1. The van der Waals surface area contributed by atoms with Crippen LogP contribution in [0.4, 0.5) is 0 Å². The van der Waals surface area contributed by atoms with Crippen LogP contribution in [0.5, 0.6) is 0 Å². The van der Waals surface area contributed by atoms with E-state index in [1.165, 1.54) is 0 Å². The van der Waals surface area contributed by atoms with Crippen LogP contribution >= 0.6 is 23.4 Å². The number of carbonyl (C=O) groups excluding carboxylic acids is 1. The number of halogens is 1. The Kier molecular flexibility index (Phi) is 4.80. The summed E-state index contributed by atoms with van der Waals surface area (Å²) in [4.78, 5) is 14.6. The van der Waals surface area contributed by atoms with Crippen molar-refractivity contribution in [1.82, 2.24) is 4.90 Å². The van der Waals surface area contributed by atoms with Gasteiger partial charge in [-0.3, -0.25) is 4.79 Å². The minimum atomic E-state index is 0.00513. The number of rotatable bonds is 5. The highest BCUT2D eigenvalue weighted by atomic mass is 35.5. The molecule has 19 heavy (non-hydrogen) atoms. The molecular formula is C15H20ClNOS. The number of nitrogens with zero attached hydrogens (tertiary/aromatic N) is 1. The Labute approximate surface area is 124 Å². The van der Waals surface area contributed by atoms with E-state index in [1.54, 1.807) is 11.8 Å². The van der Waals surface area contributed by atoms with E-state index in [4.69, 9.17) is 11.6 Å². The smallest absolute Gasteiger partial charge is 0.236 e. The van der Waals surface area contributed by atoms with Crippen molar-refractivity contribution in [3.63, 3.8) is 0 Å². The number of thioether (sulfide) groups is 1. The van der Waals surface area contributed by atoms with E-state index in [9.17, 15) is 4.79 Å². The van der Waals surface area contributed by atoms with Gasteiger partial charge in [-0.15, -0.1) is 0 Å². The molecule has 0 radical (unpaired) electrons. The molecule has 104 valence electrons. The van der Waals surface area contributed by atoms with Gasteiger partial charge in [-0.25, -0.2) is 0 Å². The standard InChI is InChI=1S/C15H20ClNOS/c1-10(13-6-4-5-7-14(13)16)17(12-8-9-12)15(18)11(2)19-3/h4-7,10-12H,8-9H2,1-3H3. The monoisotopic (exact) mass is 297 g/mol. The molecule has 1 amide bonds. The van der Waals surface area contributed by atoms with Crippen molar-refractivity contribution < 1.29 is 4.79 Å². The van der Waals surface area contributed by atoms with Gasteiger partial charge in [-0.2, -0.15) is 11.8 Å². The minimum absolute atomic E-state index is 0.00513.